The average Bonchev–Trinajstić information content (AvgIpc) is 2.21. The first-order valence-electron chi connectivity index (χ1n) is 4.08. The molecule has 1 atom stereocenters. The highest BCUT2D eigenvalue weighted by molar-refractivity contribution is 5.85. The molecule has 3 N–H and O–H groups in total. The van der Waals surface area contributed by atoms with Crippen molar-refractivity contribution in [1.29, 1.82) is 0 Å². The van der Waals surface area contributed by atoms with Crippen LogP contribution in [0.5, 0.6) is 0 Å². The Morgan fingerprint density at radius 2 is 1.69 bits per heavy atom. The Morgan fingerprint density at radius 3 is 2.08 bits per heavy atom. The lowest BCUT2D eigenvalue weighted by Crippen LogP contribution is -1.97. The minimum atomic E-state index is 0. The number of hydrogen-bond acceptors (Lipinski definition) is 2. The second kappa shape index (κ2) is 9.52. The van der Waals surface area contributed by atoms with E-state index in [2.05, 4.69) is 5.73 Å². The fraction of sp³-hybridized carbons (Fsp3) is 0.400. The van der Waals surface area contributed by atoms with Crippen molar-refractivity contribution in [1.82, 2.24) is 0 Å². The standard InChI is InChI=1S/C9H12O.CH5N.ClH/c1-8(7-10)9-5-3-2-4-6-9;1-2;/h2-6,8,10H,7H2,1H3;2H2,1H3;1H. The Kier molecular flexibility index (Phi) is 10.9. The predicted molar refractivity (Wildman–Crippen MR) is 59.3 cm³/mol. The van der Waals surface area contributed by atoms with Crippen molar-refractivity contribution in [3.05, 3.63) is 35.9 Å². The molecule has 1 aromatic carbocycles. The van der Waals surface area contributed by atoms with Crippen LogP contribution in [0.15, 0.2) is 30.3 Å². The Labute approximate surface area is 86.2 Å². The molecule has 0 radical (unpaired) electrons. The first-order chi connectivity index (χ1) is 5.84. The van der Waals surface area contributed by atoms with Gasteiger partial charge in [0.15, 0.2) is 0 Å². The number of aliphatic hydroxyl groups is 1. The third-order valence-corrected chi connectivity index (χ3v) is 1.64. The molecule has 0 bridgehead atoms. The summed E-state index contributed by atoms with van der Waals surface area (Å²) in [6, 6.07) is 10.0. The molecular weight excluding hydrogens is 186 g/mol. The first kappa shape index (κ1) is 14.9. The van der Waals surface area contributed by atoms with Crippen molar-refractivity contribution in [3.63, 3.8) is 0 Å². The number of rotatable bonds is 2. The van der Waals surface area contributed by atoms with Gasteiger partial charge in [-0.3, -0.25) is 0 Å². The molecule has 0 aliphatic rings. The first-order valence-corrected chi connectivity index (χ1v) is 4.08. The lowest BCUT2D eigenvalue weighted by atomic mass is 10.0. The Balaban J connectivity index is 0. The number of benzene rings is 1. The van der Waals surface area contributed by atoms with E-state index in [1.807, 2.05) is 37.3 Å². The zero-order valence-corrected chi connectivity index (χ0v) is 8.92. The summed E-state index contributed by atoms with van der Waals surface area (Å²) in [5.74, 6) is 0.265. The van der Waals surface area contributed by atoms with Gasteiger partial charge in [0, 0.05) is 12.5 Å². The van der Waals surface area contributed by atoms with E-state index in [9.17, 15) is 0 Å². The van der Waals surface area contributed by atoms with E-state index >= 15 is 0 Å². The molecule has 0 amide bonds. The van der Waals surface area contributed by atoms with Crippen molar-refractivity contribution >= 4 is 12.4 Å². The fourth-order valence-electron chi connectivity index (χ4n) is 0.887. The van der Waals surface area contributed by atoms with E-state index in [-0.39, 0.29) is 24.9 Å². The molecule has 0 saturated heterocycles. The third kappa shape index (κ3) is 5.64. The van der Waals surface area contributed by atoms with Crippen molar-refractivity contribution in [2.75, 3.05) is 13.7 Å². The summed E-state index contributed by atoms with van der Waals surface area (Å²) >= 11 is 0. The molecular formula is C10H18ClNO. The van der Waals surface area contributed by atoms with Crippen molar-refractivity contribution in [2.24, 2.45) is 5.73 Å². The second-order valence-electron chi connectivity index (χ2n) is 2.49. The number of aliphatic hydroxyl groups excluding tert-OH is 1. The van der Waals surface area contributed by atoms with Crippen LogP contribution in [0.2, 0.25) is 0 Å². The van der Waals surface area contributed by atoms with Crippen LogP contribution < -0.4 is 5.73 Å². The minimum Gasteiger partial charge on any atom is -0.396 e. The number of nitrogens with two attached hydrogens (primary N) is 1. The lowest BCUT2D eigenvalue weighted by Gasteiger charge is -2.05. The van der Waals surface area contributed by atoms with E-state index in [1.165, 1.54) is 12.6 Å². The van der Waals surface area contributed by atoms with E-state index in [4.69, 9.17) is 5.11 Å². The van der Waals surface area contributed by atoms with Gasteiger partial charge < -0.3 is 10.8 Å². The Bertz CT molecular complexity index is 191. The van der Waals surface area contributed by atoms with Gasteiger partial charge in [-0.1, -0.05) is 37.3 Å². The van der Waals surface area contributed by atoms with Gasteiger partial charge in [-0.05, 0) is 12.6 Å². The predicted octanol–water partition coefficient (Wildman–Crippen LogP) is 1.78. The maximum Gasteiger partial charge on any atom is 0.0497 e. The molecule has 0 aromatic heterocycles. The van der Waals surface area contributed by atoms with Gasteiger partial charge in [-0.2, -0.15) is 0 Å². The zero-order valence-electron chi connectivity index (χ0n) is 8.10. The van der Waals surface area contributed by atoms with E-state index in [0.717, 1.165) is 0 Å². The summed E-state index contributed by atoms with van der Waals surface area (Å²) in [6.07, 6.45) is 0. The maximum absolute atomic E-state index is 8.79. The van der Waals surface area contributed by atoms with Gasteiger partial charge in [0.25, 0.3) is 0 Å². The number of halogens is 1. The lowest BCUT2D eigenvalue weighted by molar-refractivity contribution is 0.273. The largest absolute Gasteiger partial charge is 0.396 e. The van der Waals surface area contributed by atoms with Crippen LogP contribution in [0, 0.1) is 0 Å². The second-order valence-corrected chi connectivity index (χ2v) is 2.49. The molecule has 0 aliphatic carbocycles. The highest BCUT2D eigenvalue weighted by atomic mass is 35.5. The Morgan fingerprint density at radius 1 is 1.23 bits per heavy atom. The summed E-state index contributed by atoms with van der Waals surface area (Å²) in [4.78, 5) is 0. The molecule has 2 nitrogen and oxygen atoms in total. The van der Waals surface area contributed by atoms with Crippen LogP contribution in [-0.4, -0.2) is 18.8 Å². The minimum absolute atomic E-state index is 0. The molecule has 0 heterocycles. The zero-order chi connectivity index (χ0) is 9.40. The summed E-state index contributed by atoms with van der Waals surface area (Å²) in [5, 5.41) is 8.79. The fourth-order valence-corrected chi connectivity index (χ4v) is 0.887. The van der Waals surface area contributed by atoms with E-state index in [0.29, 0.717) is 0 Å². The molecule has 13 heavy (non-hydrogen) atoms. The van der Waals surface area contributed by atoms with Gasteiger partial charge in [0.05, 0.1) is 0 Å². The van der Waals surface area contributed by atoms with Crippen LogP contribution in [0.25, 0.3) is 0 Å². The molecule has 1 rings (SSSR count). The molecule has 76 valence electrons. The molecule has 1 unspecified atom stereocenters. The van der Waals surface area contributed by atoms with Crippen molar-refractivity contribution in [2.45, 2.75) is 12.8 Å². The summed E-state index contributed by atoms with van der Waals surface area (Å²) in [7, 11) is 1.50. The van der Waals surface area contributed by atoms with Gasteiger partial charge >= 0.3 is 0 Å². The van der Waals surface area contributed by atoms with Gasteiger partial charge in [-0.25, -0.2) is 0 Å². The van der Waals surface area contributed by atoms with E-state index in [1.54, 1.807) is 0 Å². The topological polar surface area (TPSA) is 46.2 Å². The van der Waals surface area contributed by atoms with Crippen LogP contribution >= 0.6 is 12.4 Å². The van der Waals surface area contributed by atoms with Crippen LogP contribution in [0.4, 0.5) is 0 Å². The van der Waals surface area contributed by atoms with Gasteiger partial charge in [0.2, 0.25) is 0 Å². The highest BCUT2D eigenvalue weighted by Gasteiger charge is 2.00. The molecule has 3 heteroatoms. The molecule has 0 fully saturated rings. The van der Waals surface area contributed by atoms with Crippen LogP contribution in [0.3, 0.4) is 0 Å². The molecule has 0 aliphatic heterocycles. The van der Waals surface area contributed by atoms with Crippen LogP contribution in [0.1, 0.15) is 18.4 Å². The molecule has 0 spiro atoms. The van der Waals surface area contributed by atoms with Gasteiger partial charge in [-0.15, -0.1) is 12.4 Å². The molecule has 0 saturated carbocycles. The molecule has 1 aromatic rings. The number of hydrogen-bond donors (Lipinski definition) is 2. The Hall–Kier alpha value is -0.570. The van der Waals surface area contributed by atoms with Gasteiger partial charge in [0.1, 0.15) is 0 Å². The average molecular weight is 204 g/mol. The third-order valence-electron chi connectivity index (χ3n) is 1.64. The summed E-state index contributed by atoms with van der Waals surface area (Å²) in [5.41, 5.74) is 5.70. The maximum atomic E-state index is 8.79. The SMILES string of the molecule is CC(CO)c1ccccc1.CN.Cl. The normalized spacial score (nSPS) is 10.5. The van der Waals surface area contributed by atoms with E-state index < -0.39 is 0 Å². The smallest absolute Gasteiger partial charge is 0.0497 e. The highest BCUT2D eigenvalue weighted by Crippen LogP contribution is 2.12. The van der Waals surface area contributed by atoms with Crippen LogP contribution in [-0.2, 0) is 0 Å². The monoisotopic (exact) mass is 203 g/mol. The van der Waals surface area contributed by atoms with Crippen molar-refractivity contribution in [3.8, 4) is 0 Å². The van der Waals surface area contributed by atoms with Crippen molar-refractivity contribution < 1.29 is 5.11 Å². The summed E-state index contributed by atoms with van der Waals surface area (Å²) < 4.78 is 0. The quantitative estimate of drug-likeness (QED) is 0.770. The summed E-state index contributed by atoms with van der Waals surface area (Å²) in [6.45, 7) is 2.24.